The summed E-state index contributed by atoms with van der Waals surface area (Å²) in [6, 6.07) is 0. The van der Waals surface area contributed by atoms with Crippen molar-refractivity contribution in [2.45, 2.75) is 44.2 Å². The summed E-state index contributed by atoms with van der Waals surface area (Å²) in [5.41, 5.74) is 1.07. The number of rotatable bonds is 5. The van der Waals surface area contributed by atoms with E-state index in [1.165, 1.54) is 6.42 Å². The standard InChI is InChI=1S/C14H25N3O2/c1-16(2)8-9-17-14(13(19-3)10-15-17)11-6-4-5-7-12(11)18/h10-12,18H,4-9H2,1-3H3. The number of methoxy groups -OCH3 is 1. The Labute approximate surface area is 115 Å². The van der Waals surface area contributed by atoms with Gasteiger partial charge in [-0.25, -0.2) is 0 Å². The van der Waals surface area contributed by atoms with Crippen LogP contribution in [0.1, 0.15) is 37.3 Å². The molecular formula is C14H25N3O2. The molecule has 1 fully saturated rings. The van der Waals surface area contributed by atoms with Crippen LogP contribution in [-0.4, -0.2) is 53.6 Å². The molecule has 1 N–H and O–H groups in total. The highest BCUT2D eigenvalue weighted by atomic mass is 16.5. The molecule has 1 saturated carbocycles. The van der Waals surface area contributed by atoms with E-state index < -0.39 is 0 Å². The summed E-state index contributed by atoms with van der Waals surface area (Å²) in [5.74, 6) is 0.970. The highest BCUT2D eigenvalue weighted by molar-refractivity contribution is 5.30. The Morgan fingerprint density at radius 1 is 1.42 bits per heavy atom. The van der Waals surface area contributed by atoms with E-state index in [1.54, 1.807) is 13.3 Å². The summed E-state index contributed by atoms with van der Waals surface area (Å²) >= 11 is 0. The summed E-state index contributed by atoms with van der Waals surface area (Å²) in [7, 11) is 5.78. The minimum atomic E-state index is -0.266. The van der Waals surface area contributed by atoms with Gasteiger partial charge in [-0.3, -0.25) is 4.68 Å². The molecule has 108 valence electrons. The zero-order valence-corrected chi connectivity index (χ0v) is 12.2. The Bertz CT molecular complexity index is 403. The number of nitrogens with zero attached hydrogens (tertiary/aromatic N) is 3. The van der Waals surface area contributed by atoms with Crippen LogP contribution in [0.3, 0.4) is 0 Å². The molecule has 0 radical (unpaired) electrons. The third-order valence-electron chi connectivity index (χ3n) is 3.90. The zero-order chi connectivity index (χ0) is 13.8. The maximum absolute atomic E-state index is 10.3. The first-order valence-electron chi connectivity index (χ1n) is 7.06. The smallest absolute Gasteiger partial charge is 0.160 e. The van der Waals surface area contributed by atoms with Crippen molar-refractivity contribution < 1.29 is 9.84 Å². The first kappa shape index (κ1) is 14.3. The summed E-state index contributed by atoms with van der Waals surface area (Å²) in [4.78, 5) is 2.13. The second kappa shape index (κ2) is 6.39. The van der Waals surface area contributed by atoms with Crippen LogP contribution in [0.25, 0.3) is 0 Å². The van der Waals surface area contributed by atoms with Gasteiger partial charge < -0.3 is 14.7 Å². The molecule has 0 saturated heterocycles. The third-order valence-corrected chi connectivity index (χ3v) is 3.90. The summed E-state index contributed by atoms with van der Waals surface area (Å²) < 4.78 is 7.42. The van der Waals surface area contributed by atoms with Crippen LogP contribution in [0.5, 0.6) is 5.75 Å². The van der Waals surface area contributed by atoms with E-state index in [4.69, 9.17) is 4.74 Å². The van der Waals surface area contributed by atoms with Crippen molar-refractivity contribution in [2.24, 2.45) is 0 Å². The minimum Gasteiger partial charge on any atom is -0.493 e. The lowest BCUT2D eigenvalue weighted by atomic mass is 9.84. The van der Waals surface area contributed by atoms with Crippen molar-refractivity contribution in [3.63, 3.8) is 0 Å². The van der Waals surface area contributed by atoms with Gasteiger partial charge in [-0.2, -0.15) is 5.10 Å². The van der Waals surface area contributed by atoms with Crippen molar-refractivity contribution >= 4 is 0 Å². The topological polar surface area (TPSA) is 50.5 Å². The number of aromatic nitrogens is 2. The van der Waals surface area contributed by atoms with E-state index in [2.05, 4.69) is 24.1 Å². The van der Waals surface area contributed by atoms with E-state index in [0.29, 0.717) is 0 Å². The van der Waals surface area contributed by atoms with Crippen LogP contribution in [0.2, 0.25) is 0 Å². The molecule has 2 rings (SSSR count). The number of aliphatic hydroxyl groups excluding tert-OH is 1. The molecule has 19 heavy (non-hydrogen) atoms. The summed E-state index contributed by atoms with van der Waals surface area (Å²) in [6.45, 7) is 1.76. The van der Waals surface area contributed by atoms with Gasteiger partial charge in [0.25, 0.3) is 0 Å². The molecule has 0 aliphatic heterocycles. The van der Waals surface area contributed by atoms with Crippen LogP contribution < -0.4 is 4.74 Å². The fraction of sp³-hybridized carbons (Fsp3) is 0.786. The third kappa shape index (κ3) is 3.28. The average Bonchev–Trinajstić information content (AvgIpc) is 2.79. The Kier molecular flexibility index (Phi) is 4.82. The Morgan fingerprint density at radius 2 is 2.16 bits per heavy atom. The van der Waals surface area contributed by atoms with Crippen LogP contribution in [0.4, 0.5) is 0 Å². The molecule has 0 amide bonds. The molecular weight excluding hydrogens is 242 g/mol. The van der Waals surface area contributed by atoms with E-state index in [9.17, 15) is 5.11 Å². The molecule has 0 spiro atoms. The monoisotopic (exact) mass is 267 g/mol. The molecule has 2 unspecified atom stereocenters. The van der Waals surface area contributed by atoms with Gasteiger partial charge in [-0.05, 0) is 26.9 Å². The zero-order valence-electron chi connectivity index (χ0n) is 12.2. The highest BCUT2D eigenvalue weighted by Crippen LogP contribution is 2.37. The fourth-order valence-corrected chi connectivity index (χ4v) is 2.81. The lowest BCUT2D eigenvalue weighted by molar-refractivity contribution is 0.101. The Hall–Kier alpha value is -1.07. The molecule has 1 aromatic rings. The normalized spacial score (nSPS) is 23.8. The maximum atomic E-state index is 10.3. The van der Waals surface area contributed by atoms with Gasteiger partial charge in [0, 0.05) is 12.5 Å². The molecule has 1 aromatic heterocycles. The van der Waals surface area contributed by atoms with Gasteiger partial charge in [-0.15, -0.1) is 0 Å². The van der Waals surface area contributed by atoms with Gasteiger partial charge in [0.05, 0.1) is 31.6 Å². The van der Waals surface area contributed by atoms with Crippen molar-refractivity contribution in [3.05, 3.63) is 11.9 Å². The second-order valence-corrected chi connectivity index (χ2v) is 5.58. The lowest BCUT2D eigenvalue weighted by Gasteiger charge is -2.28. The number of aliphatic hydroxyl groups is 1. The number of ether oxygens (including phenoxy) is 1. The average molecular weight is 267 g/mol. The largest absolute Gasteiger partial charge is 0.493 e. The SMILES string of the molecule is COc1cnn(CCN(C)C)c1C1CCCCC1O. The number of hydrogen-bond acceptors (Lipinski definition) is 4. The van der Waals surface area contributed by atoms with Gasteiger partial charge in [0.1, 0.15) is 0 Å². The van der Waals surface area contributed by atoms with E-state index in [-0.39, 0.29) is 12.0 Å². The lowest BCUT2D eigenvalue weighted by Crippen LogP contribution is -2.27. The highest BCUT2D eigenvalue weighted by Gasteiger charge is 2.30. The molecule has 0 bridgehead atoms. The first-order chi connectivity index (χ1) is 9.13. The Balaban J connectivity index is 2.22. The number of hydrogen-bond donors (Lipinski definition) is 1. The quantitative estimate of drug-likeness (QED) is 0.878. The predicted molar refractivity (Wildman–Crippen MR) is 74.5 cm³/mol. The van der Waals surface area contributed by atoms with Crippen LogP contribution >= 0.6 is 0 Å². The van der Waals surface area contributed by atoms with Crippen LogP contribution in [-0.2, 0) is 6.54 Å². The maximum Gasteiger partial charge on any atom is 0.160 e. The van der Waals surface area contributed by atoms with Gasteiger partial charge in [-0.1, -0.05) is 12.8 Å². The number of likely N-dealkylation sites (N-methyl/N-ethyl adjacent to an activating group) is 1. The van der Waals surface area contributed by atoms with Gasteiger partial charge >= 0.3 is 0 Å². The van der Waals surface area contributed by atoms with Crippen molar-refractivity contribution in [2.75, 3.05) is 27.7 Å². The van der Waals surface area contributed by atoms with Crippen LogP contribution in [0.15, 0.2) is 6.20 Å². The molecule has 1 aliphatic rings. The predicted octanol–water partition coefficient (Wildman–Crippen LogP) is 1.47. The first-order valence-corrected chi connectivity index (χ1v) is 7.06. The molecule has 1 aliphatic carbocycles. The second-order valence-electron chi connectivity index (χ2n) is 5.58. The molecule has 0 aromatic carbocycles. The van der Waals surface area contributed by atoms with E-state index in [1.807, 2.05) is 4.68 Å². The van der Waals surface area contributed by atoms with Gasteiger partial charge in [0.15, 0.2) is 5.75 Å². The fourth-order valence-electron chi connectivity index (χ4n) is 2.81. The summed E-state index contributed by atoms with van der Waals surface area (Å²) in [6.07, 6.45) is 5.69. The van der Waals surface area contributed by atoms with E-state index in [0.717, 1.165) is 43.8 Å². The van der Waals surface area contributed by atoms with Crippen molar-refractivity contribution in [1.82, 2.24) is 14.7 Å². The molecule has 5 nitrogen and oxygen atoms in total. The molecule has 5 heteroatoms. The molecule has 1 heterocycles. The molecule has 2 atom stereocenters. The van der Waals surface area contributed by atoms with Gasteiger partial charge in [0.2, 0.25) is 0 Å². The summed E-state index contributed by atoms with van der Waals surface area (Å²) in [5, 5.41) is 14.7. The van der Waals surface area contributed by atoms with Crippen molar-refractivity contribution in [1.29, 1.82) is 0 Å². The Morgan fingerprint density at radius 3 is 2.79 bits per heavy atom. The minimum absolute atomic E-state index is 0.161. The van der Waals surface area contributed by atoms with Crippen molar-refractivity contribution in [3.8, 4) is 5.75 Å². The van der Waals surface area contributed by atoms with Crippen LogP contribution in [0, 0.1) is 0 Å². The van der Waals surface area contributed by atoms with E-state index >= 15 is 0 Å².